The molecule has 2 atom stereocenters. The zero-order valence-corrected chi connectivity index (χ0v) is 15.0. The van der Waals surface area contributed by atoms with E-state index < -0.39 is 0 Å². The van der Waals surface area contributed by atoms with Crippen LogP contribution in [0.5, 0.6) is 0 Å². The highest BCUT2D eigenvalue weighted by Crippen LogP contribution is 2.48. The van der Waals surface area contributed by atoms with Gasteiger partial charge in [0.15, 0.2) is 0 Å². The first kappa shape index (κ1) is 16.4. The van der Waals surface area contributed by atoms with Crippen LogP contribution < -0.4 is 5.32 Å². The van der Waals surface area contributed by atoms with Gasteiger partial charge in [0.25, 0.3) is 0 Å². The van der Waals surface area contributed by atoms with Gasteiger partial charge in [-0.25, -0.2) is 0 Å². The molecule has 0 aliphatic heterocycles. The number of amides is 1. The largest absolute Gasteiger partial charge is 0.300 e. The van der Waals surface area contributed by atoms with E-state index in [4.69, 9.17) is 11.6 Å². The number of hydrogen-bond acceptors (Lipinski definition) is 4. The van der Waals surface area contributed by atoms with Crippen molar-refractivity contribution in [3.05, 3.63) is 39.9 Å². The van der Waals surface area contributed by atoms with Crippen LogP contribution in [0.2, 0.25) is 5.02 Å². The summed E-state index contributed by atoms with van der Waals surface area (Å²) in [4.78, 5) is 12.3. The van der Waals surface area contributed by atoms with Crippen LogP contribution in [0.4, 0.5) is 5.13 Å². The summed E-state index contributed by atoms with van der Waals surface area (Å²) in [5.41, 5.74) is 1.33. The Morgan fingerprint density at radius 1 is 1.30 bits per heavy atom. The lowest BCUT2D eigenvalue weighted by Gasteiger charge is -2.14. The van der Waals surface area contributed by atoms with Crippen molar-refractivity contribution in [2.45, 2.75) is 39.5 Å². The van der Waals surface area contributed by atoms with Crippen LogP contribution >= 0.6 is 22.9 Å². The first-order valence-corrected chi connectivity index (χ1v) is 8.90. The highest BCUT2D eigenvalue weighted by molar-refractivity contribution is 7.15. The molecule has 0 bridgehead atoms. The fraction of sp³-hybridized carbons (Fsp3) is 0.471. The topological polar surface area (TPSA) is 54.9 Å². The van der Waals surface area contributed by atoms with Gasteiger partial charge in [-0.05, 0) is 35.4 Å². The second-order valence-electron chi connectivity index (χ2n) is 7.23. The first-order chi connectivity index (χ1) is 10.8. The Morgan fingerprint density at radius 3 is 2.65 bits per heavy atom. The van der Waals surface area contributed by atoms with E-state index in [0.29, 0.717) is 5.13 Å². The van der Waals surface area contributed by atoms with Crippen LogP contribution in [0, 0.1) is 11.3 Å². The molecule has 1 aromatic carbocycles. The minimum Gasteiger partial charge on any atom is -0.300 e. The van der Waals surface area contributed by atoms with Gasteiger partial charge in [-0.2, -0.15) is 0 Å². The summed E-state index contributed by atoms with van der Waals surface area (Å²) >= 11 is 7.36. The van der Waals surface area contributed by atoms with E-state index in [1.165, 1.54) is 16.9 Å². The van der Waals surface area contributed by atoms with E-state index in [1.807, 2.05) is 24.3 Å². The number of rotatable bonds is 4. The molecule has 1 saturated carbocycles. The molecule has 122 valence electrons. The molecule has 23 heavy (non-hydrogen) atoms. The number of carbonyl (C=O) groups excluding carboxylic acids is 1. The molecular weight excluding hydrogens is 330 g/mol. The molecule has 0 radical (unpaired) electrons. The molecule has 1 aliphatic rings. The molecule has 6 heteroatoms. The van der Waals surface area contributed by atoms with Gasteiger partial charge in [-0.3, -0.25) is 4.79 Å². The SMILES string of the molecule is CC(C)(C)Cc1nnc(NC(=O)[C@H]2C[C@@H]2c2ccc(Cl)cc2)s1. The second-order valence-corrected chi connectivity index (χ2v) is 8.73. The maximum Gasteiger partial charge on any atom is 0.229 e. The molecule has 1 heterocycles. The molecule has 4 nitrogen and oxygen atoms in total. The van der Waals surface area contributed by atoms with Crippen molar-refractivity contribution in [2.24, 2.45) is 11.3 Å². The smallest absolute Gasteiger partial charge is 0.229 e. The number of benzene rings is 1. The Hall–Kier alpha value is -1.46. The lowest BCUT2D eigenvalue weighted by Crippen LogP contribution is -2.14. The summed E-state index contributed by atoms with van der Waals surface area (Å²) in [5, 5.41) is 13.4. The Kier molecular flexibility index (Phi) is 4.43. The summed E-state index contributed by atoms with van der Waals surface area (Å²) in [6.45, 7) is 6.48. The molecule has 0 saturated heterocycles. The molecule has 1 aromatic heterocycles. The number of nitrogens with zero attached hydrogens (tertiary/aromatic N) is 2. The lowest BCUT2D eigenvalue weighted by molar-refractivity contribution is -0.117. The zero-order valence-electron chi connectivity index (χ0n) is 13.5. The third-order valence-electron chi connectivity index (χ3n) is 3.80. The first-order valence-electron chi connectivity index (χ1n) is 7.70. The summed E-state index contributed by atoms with van der Waals surface area (Å²) in [5.74, 6) is 0.337. The third-order valence-corrected chi connectivity index (χ3v) is 4.89. The van der Waals surface area contributed by atoms with E-state index >= 15 is 0 Å². The third kappa shape index (κ3) is 4.30. The zero-order chi connectivity index (χ0) is 16.6. The van der Waals surface area contributed by atoms with Gasteiger partial charge < -0.3 is 5.32 Å². The van der Waals surface area contributed by atoms with E-state index in [-0.39, 0.29) is 23.2 Å². The molecule has 0 unspecified atom stereocenters. The fourth-order valence-electron chi connectivity index (χ4n) is 2.59. The highest BCUT2D eigenvalue weighted by atomic mass is 35.5. The standard InChI is InChI=1S/C17H20ClN3OS/c1-17(2,3)9-14-20-21-16(23-14)19-15(22)13-8-12(13)10-4-6-11(18)7-5-10/h4-7,12-13H,8-9H2,1-3H3,(H,19,21,22)/t12-,13+/m1/s1. The van der Waals surface area contributed by atoms with Gasteiger partial charge in [-0.15, -0.1) is 10.2 Å². The quantitative estimate of drug-likeness (QED) is 0.882. The normalized spacial score (nSPS) is 20.3. The number of carbonyl (C=O) groups is 1. The minimum absolute atomic E-state index is 0.0196. The monoisotopic (exact) mass is 349 g/mol. The fourth-order valence-corrected chi connectivity index (χ4v) is 3.76. The molecular formula is C17H20ClN3OS. The van der Waals surface area contributed by atoms with Crippen molar-refractivity contribution in [2.75, 3.05) is 5.32 Å². The lowest BCUT2D eigenvalue weighted by atomic mass is 9.93. The summed E-state index contributed by atoms with van der Waals surface area (Å²) in [7, 11) is 0. The van der Waals surface area contributed by atoms with Crippen molar-refractivity contribution < 1.29 is 4.79 Å². The van der Waals surface area contributed by atoms with Crippen molar-refractivity contribution in [3.63, 3.8) is 0 Å². The van der Waals surface area contributed by atoms with Crippen LogP contribution in [0.25, 0.3) is 0 Å². The Bertz CT molecular complexity index is 705. The predicted octanol–water partition coefficient (Wildman–Crippen LogP) is 4.52. The van der Waals surface area contributed by atoms with Gasteiger partial charge in [0, 0.05) is 17.4 Å². The molecule has 1 aliphatic carbocycles. The second kappa shape index (κ2) is 6.21. The van der Waals surface area contributed by atoms with E-state index in [0.717, 1.165) is 22.9 Å². The van der Waals surface area contributed by atoms with Crippen LogP contribution in [-0.4, -0.2) is 16.1 Å². The highest BCUT2D eigenvalue weighted by Gasteiger charge is 2.44. The Morgan fingerprint density at radius 2 is 2.00 bits per heavy atom. The van der Waals surface area contributed by atoms with Gasteiger partial charge >= 0.3 is 0 Å². The van der Waals surface area contributed by atoms with Gasteiger partial charge in [0.2, 0.25) is 11.0 Å². The molecule has 1 fully saturated rings. The molecule has 0 spiro atoms. The van der Waals surface area contributed by atoms with Crippen molar-refractivity contribution >= 4 is 34.0 Å². The van der Waals surface area contributed by atoms with E-state index in [1.54, 1.807) is 0 Å². The number of hydrogen-bond donors (Lipinski definition) is 1. The van der Waals surface area contributed by atoms with E-state index in [9.17, 15) is 4.79 Å². The van der Waals surface area contributed by atoms with Crippen LogP contribution in [0.1, 0.15) is 43.7 Å². The van der Waals surface area contributed by atoms with Crippen LogP contribution in [0.3, 0.4) is 0 Å². The number of halogens is 1. The van der Waals surface area contributed by atoms with Crippen LogP contribution in [-0.2, 0) is 11.2 Å². The Labute approximate surface area is 145 Å². The molecule has 2 aromatic rings. The maximum absolute atomic E-state index is 12.3. The average Bonchev–Trinajstić information content (AvgIpc) is 3.14. The van der Waals surface area contributed by atoms with Crippen molar-refractivity contribution in [1.29, 1.82) is 0 Å². The molecule has 1 amide bonds. The molecule has 1 N–H and O–H groups in total. The van der Waals surface area contributed by atoms with E-state index in [2.05, 4.69) is 36.3 Å². The number of nitrogens with one attached hydrogen (secondary N) is 1. The summed E-state index contributed by atoms with van der Waals surface area (Å²) in [6, 6.07) is 7.72. The minimum atomic E-state index is 0.0196. The predicted molar refractivity (Wildman–Crippen MR) is 94.0 cm³/mol. The maximum atomic E-state index is 12.3. The number of aromatic nitrogens is 2. The van der Waals surface area contributed by atoms with Gasteiger partial charge in [0.05, 0.1) is 0 Å². The average molecular weight is 350 g/mol. The Balaban J connectivity index is 1.57. The summed E-state index contributed by atoms with van der Waals surface area (Å²) in [6.07, 6.45) is 1.73. The number of anilines is 1. The van der Waals surface area contributed by atoms with Gasteiger partial charge in [-0.1, -0.05) is 55.8 Å². The van der Waals surface area contributed by atoms with Crippen molar-refractivity contribution in [1.82, 2.24) is 10.2 Å². The van der Waals surface area contributed by atoms with Crippen molar-refractivity contribution in [3.8, 4) is 0 Å². The summed E-state index contributed by atoms with van der Waals surface area (Å²) < 4.78 is 0. The van der Waals surface area contributed by atoms with Gasteiger partial charge in [0.1, 0.15) is 5.01 Å². The van der Waals surface area contributed by atoms with Crippen LogP contribution in [0.15, 0.2) is 24.3 Å². The molecule has 3 rings (SSSR count).